The molecule has 2 atom stereocenters. The van der Waals surface area contributed by atoms with Gasteiger partial charge in [-0.3, -0.25) is 4.79 Å². The Hall–Kier alpha value is -3.81. The van der Waals surface area contributed by atoms with Crippen LogP contribution in [0.1, 0.15) is 19.4 Å². The Bertz CT molecular complexity index is 1160. The molecule has 0 aliphatic rings. The van der Waals surface area contributed by atoms with Gasteiger partial charge in [-0.2, -0.15) is 0 Å². The molecule has 0 saturated heterocycles. The van der Waals surface area contributed by atoms with Crippen LogP contribution in [-0.4, -0.2) is 34.4 Å². The zero-order chi connectivity index (χ0) is 22.0. The van der Waals surface area contributed by atoms with E-state index in [0.29, 0.717) is 33.6 Å². The van der Waals surface area contributed by atoms with Gasteiger partial charge in [-0.15, -0.1) is 0 Å². The summed E-state index contributed by atoms with van der Waals surface area (Å²) in [6.07, 6.45) is -0.721. The molecule has 3 aromatic rings. The quantitative estimate of drug-likeness (QED) is 0.605. The van der Waals surface area contributed by atoms with Crippen LogP contribution in [0.5, 0.6) is 11.5 Å². The molecule has 0 aliphatic heterocycles. The number of fused-ring (bicyclic) bond motifs is 1. The van der Waals surface area contributed by atoms with Gasteiger partial charge in [0.2, 0.25) is 5.43 Å². The minimum absolute atomic E-state index is 0.259. The highest BCUT2D eigenvalue weighted by Crippen LogP contribution is 2.28. The Kier molecular flexibility index (Phi) is 5.77. The lowest BCUT2D eigenvalue weighted by Gasteiger charge is -2.13. The molecule has 2 N–H and O–H groups in total. The van der Waals surface area contributed by atoms with Crippen LogP contribution in [0.3, 0.4) is 0 Å². The fourth-order valence-electron chi connectivity index (χ4n) is 2.80. The Balaban J connectivity index is 1.94. The van der Waals surface area contributed by atoms with E-state index in [1.165, 1.54) is 26.2 Å². The number of carbonyl (C=O) groups is 2. The molecule has 2 aromatic carbocycles. The molecule has 0 spiro atoms. The number of carboxylic acids is 2. The van der Waals surface area contributed by atoms with Crippen molar-refractivity contribution in [2.24, 2.45) is 0 Å². The summed E-state index contributed by atoms with van der Waals surface area (Å²) < 4.78 is 16.3. The Labute approximate surface area is 171 Å². The molecule has 0 radical (unpaired) electrons. The topological polar surface area (TPSA) is 123 Å². The zero-order valence-corrected chi connectivity index (χ0v) is 16.5. The molecule has 0 bridgehead atoms. The summed E-state index contributed by atoms with van der Waals surface area (Å²) in [5.74, 6) is -1.49. The minimum atomic E-state index is -1.10. The highest BCUT2D eigenvalue weighted by atomic mass is 16.5. The van der Waals surface area contributed by atoms with Gasteiger partial charge < -0.3 is 24.1 Å². The van der Waals surface area contributed by atoms with Crippen LogP contribution in [0, 0.1) is 6.92 Å². The van der Waals surface area contributed by atoms with Gasteiger partial charge >= 0.3 is 11.9 Å². The van der Waals surface area contributed by atoms with Gasteiger partial charge in [-0.1, -0.05) is 12.1 Å². The molecular formula is C22H20O8. The smallest absolute Gasteiger partial charge is 0.344 e. The van der Waals surface area contributed by atoms with Crippen molar-refractivity contribution in [3.63, 3.8) is 0 Å². The second kappa shape index (κ2) is 8.28. The van der Waals surface area contributed by atoms with Gasteiger partial charge in [0.1, 0.15) is 23.3 Å². The van der Waals surface area contributed by atoms with Gasteiger partial charge in [-0.05, 0) is 50.1 Å². The molecule has 8 nitrogen and oxygen atoms in total. The number of ether oxygens (including phenoxy) is 2. The summed E-state index contributed by atoms with van der Waals surface area (Å²) in [6, 6.07) is 9.53. The average Bonchev–Trinajstić information content (AvgIpc) is 2.70. The van der Waals surface area contributed by atoms with Gasteiger partial charge in [0, 0.05) is 6.07 Å². The molecule has 30 heavy (non-hydrogen) atoms. The fraction of sp³-hybridized carbons (Fsp3) is 0.227. The van der Waals surface area contributed by atoms with Crippen LogP contribution in [0.25, 0.3) is 22.1 Å². The van der Waals surface area contributed by atoms with Crippen molar-refractivity contribution in [2.75, 3.05) is 0 Å². The van der Waals surface area contributed by atoms with Crippen molar-refractivity contribution < 1.29 is 33.7 Å². The van der Waals surface area contributed by atoms with Crippen molar-refractivity contribution in [1.82, 2.24) is 0 Å². The van der Waals surface area contributed by atoms with Crippen LogP contribution >= 0.6 is 0 Å². The summed E-state index contributed by atoms with van der Waals surface area (Å²) >= 11 is 0. The third kappa shape index (κ3) is 4.27. The van der Waals surface area contributed by atoms with E-state index in [4.69, 9.17) is 24.1 Å². The summed E-state index contributed by atoms with van der Waals surface area (Å²) in [4.78, 5) is 34.9. The summed E-state index contributed by atoms with van der Waals surface area (Å²) in [5.41, 5.74) is 1.53. The second-order valence-electron chi connectivity index (χ2n) is 6.81. The van der Waals surface area contributed by atoms with E-state index in [9.17, 15) is 14.4 Å². The van der Waals surface area contributed by atoms with E-state index < -0.39 is 24.1 Å². The standard InChI is InChI=1S/C22H20O8/c1-11-8-16-19(9-18(11)30-13(3)22(26)27)28-10-17(20(16)23)14-4-6-15(7-5-14)29-12(2)21(24)25/h4-10,12-13H,1-3H3,(H,24,25)(H,26,27)/t12-,13+/m0/s1. The monoisotopic (exact) mass is 412 g/mol. The van der Waals surface area contributed by atoms with E-state index in [2.05, 4.69) is 0 Å². The average molecular weight is 412 g/mol. The Morgan fingerprint density at radius 1 is 0.967 bits per heavy atom. The first-order valence-corrected chi connectivity index (χ1v) is 9.13. The molecule has 0 aliphatic carbocycles. The molecule has 8 heteroatoms. The summed E-state index contributed by atoms with van der Waals surface area (Å²) in [5, 5.41) is 18.3. The summed E-state index contributed by atoms with van der Waals surface area (Å²) in [7, 11) is 0. The number of rotatable bonds is 7. The molecule has 0 fully saturated rings. The van der Waals surface area contributed by atoms with Gasteiger partial charge in [-0.25, -0.2) is 9.59 Å². The highest BCUT2D eigenvalue weighted by Gasteiger charge is 2.17. The zero-order valence-electron chi connectivity index (χ0n) is 16.5. The lowest BCUT2D eigenvalue weighted by molar-refractivity contribution is -0.145. The molecule has 0 amide bonds. The molecule has 3 rings (SSSR count). The molecular weight excluding hydrogens is 392 g/mol. The summed E-state index contributed by atoms with van der Waals surface area (Å²) in [6.45, 7) is 4.55. The van der Waals surface area contributed by atoms with Crippen LogP contribution in [0.2, 0.25) is 0 Å². The van der Waals surface area contributed by atoms with Crippen LogP contribution in [0.4, 0.5) is 0 Å². The van der Waals surface area contributed by atoms with Crippen LogP contribution in [-0.2, 0) is 9.59 Å². The van der Waals surface area contributed by atoms with Gasteiger partial charge in [0.25, 0.3) is 0 Å². The Morgan fingerprint density at radius 3 is 2.17 bits per heavy atom. The van der Waals surface area contributed by atoms with E-state index in [-0.39, 0.29) is 11.0 Å². The number of carboxylic acid groups (broad SMARTS) is 2. The largest absolute Gasteiger partial charge is 0.479 e. The lowest BCUT2D eigenvalue weighted by Crippen LogP contribution is -2.23. The highest BCUT2D eigenvalue weighted by molar-refractivity contribution is 5.84. The number of hydrogen-bond acceptors (Lipinski definition) is 6. The maximum Gasteiger partial charge on any atom is 0.344 e. The van der Waals surface area contributed by atoms with Crippen molar-refractivity contribution in [1.29, 1.82) is 0 Å². The third-order valence-electron chi connectivity index (χ3n) is 4.55. The first-order chi connectivity index (χ1) is 14.2. The SMILES string of the molecule is Cc1cc2c(=O)c(-c3ccc(O[C@@H](C)C(=O)O)cc3)coc2cc1O[C@H](C)C(=O)O. The Morgan fingerprint density at radius 2 is 1.57 bits per heavy atom. The molecule has 1 heterocycles. The van der Waals surface area contributed by atoms with Gasteiger partial charge in [0.05, 0.1) is 10.9 Å². The van der Waals surface area contributed by atoms with Gasteiger partial charge in [0.15, 0.2) is 12.2 Å². The predicted molar refractivity (Wildman–Crippen MR) is 108 cm³/mol. The molecule has 1 aromatic heterocycles. The van der Waals surface area contributed by atoms with E-state index in [1.807, 2.05) is 0 Å². The van der Waals surface area contributed by atoms with Crippen molar-refractivity contribution in [3.05, 3.63) is 58.4 Å². The van der Waals surface area contributed by atoms with Crippen molar-refractivity contribution >= 4 is 22.9 Å². The van der Waals surface area contributed by atoms with Crippen molar-refractivity contribution in [3.8, 4) is 22.6 Å². The number of hydrogen-bond donors (Lipinski definition) is 2. The molecule has 156 valence electrons. The van der Waals surface area contributed by atoms with E-state index >= 15 is 0 Å². The van der Waals surface area contributed by atoms with Crippen LogP contribution in [0.15, 0.2) is 51.9 Å². The maximum atomic E-state index is 13.0. The number of aliphatic carboxylic acids is 2. The lowest BCUT2D eigenvalue weighted by atomic mass is 10.0. The molecule has 0 unspecified atom stereocenters. The van der Waals surface area contributed by atoms with Crippen molar-refractivity contribution in [2.45, 2.75) is 33.0 Å². The van der Waals surface area contributed by atoms with Crippen LogP contribution < -0.4 is 14.9 Å². The number of aryl methyl sites for hydroxylation is 1. The normalized spacial score (nSPS) is 12.9. The first kappa shape index (κ1) is 20.9. The predicted octanol–water partition coefficient (Wildman–Crippen LogP) is 3.47. The van der Waals surface area contributed by atoms with E-state index in [1.54, 1.807) is 37.3 Å². The minimum Gasteiger partial charge on any atom is -0.479 e. The second-order valence-corrected chi connectivity index (χ2v) is 6.81. The number of benzene rings is 2. The first-order valence-electron chi connectivity index (χ1n) is 9.13. The molecule has 0 saturated carbocycles. The van der Waals surface area contributed by atoms with E-state index in [0.717, 1.165) is 0 Å². The fourth-order valence-corrected chi connectivity index (χ4v) is 2.80. The maximum absolute atomic E-state index is 13.0. The third-order valence-corrected chi connectivity index (χ3v) is 4.55.